The highest BCUT2D eigenvalue weighted by Crippen LogP contribution is 2.19. The lowest BCUT2D eigenvalue weighted by Crippen LogP contribution is -2.35. The molecule has 1 rings (SSSR count). The molecule has 0 saturated carbocycles. The zero-order valence-electron chi connectivity index (χ0n) is 12.7. The third-order valence-electron chi connectivity index (χ3n) is 4.27. The van der Waals surface area contributed by atoms with Crippen LogP contribution in [0, 0.1) is 0 Å². The predicted octanol–water partition coefficient (Wildman–Crippen LogP) is 3.81. The molecule has 1 unspecified atom stereocenters. The van der Waals surface area contributed by atoms with E-state index in [0.29, 0.717) is 0 Å². The van der Waals surface area contributed by atoms with Crippen LogP contribution >= 0.6 is 0 Å². The van der Waals surface area contributed by atoms with E-state index in [9.17, 15) is 0 Å². The van der Waals surface area contributed by atoms with E-state index in [0.717, 1.165) is 12.6 Å². The summed E-state index contributed by atoms with van der Waals surface area (Å²) < 4.78 is 0. The first-order valence-corrected chi connectivity index (χ1v) is 8.33. The topological polar surface area (TPSA) is 15.3 Å². The molecule has 2 nitrogen and oxygen atoms in total. The molecule has 0 radical (unpaired) electrons. The lowest BCUT2D eigenvalue weighted by atomic mass is 10.1. The molecule has 0 aromatic rings. The zero-order valence-corrected chi connectivity index (χ0v) is 12.7. The van der Waals surface area contributed by atoms with Gasteiger partial charge in [-0.3, -0.25) is 0 Å². The zero-order chi connectivity index (χ0) is 13.1. The minimum Gasteiger partial charge on any atom is -0.317 e. The van der Waals surface area contributed by atoms with Crippen LogP contribution in [0.1, 0.15) is 71.6 Å². The van der Waals surface area contributed by atoms with E-state index >= 15 is 0 Å². The maximum Gasteiger partial charge on any atom is 0.00926 e. The molecule has 1 heterocycles. The van der Waals surface area contributed by atoms with Crippen LogP contribution in [0.2, 0.25) is 0 Å². The van der Waals surface area contributed by atoms with E-state index in [2.05, 4.69) is 24.1 Å². The Balaban J connectivity index is 2.05. The third-order valence-corrected chi connectivity index (χ3v) is 4.27. The minimum absolute atomic E-state index is 0.884. The number of hydrogen-bond donors (Lipinski definition) is 1. The fourth-order valence-corrected chi connectivity index (χ4v) is 3.09. The van der Waals surface area contributed by atoms with Gasteiger partial charge in [-0.05, 0) is 58.3 Å². The monoisotopic (exact) mass is 254 g/mol. The van der Waals surface area contributed by atoms with Gasteiger partial charge in [-0.15, -0.1) is 0 Å². The van der Waals surface area contributed by atoms with E-state index in [1.165, 1.54) is 77.4 Å². The number of nitrogens with zero attached hydrogens (tertiary/aromatic N) is 1. The van der Waals surface area contributed by atoms with Gasteiger partial charge in [0, 0.05) is 6.04 Å². The number of nitrogens with one attached hydrogen (secondary N) is 1. The van der Waals surface area contributed by atoms with Crippen molar-refractivity contribution < 1.29 is 0 Å². The Morgan fingerprint density at radius 3 is 2.61 bits per heavy atom. The number of hydrogen-bond acceptors (Lipinski definition) is 2. The summed E-state index contributed by atoms with van der Waals surface area (Å²) in [7, 11) is 0. The average Bonchev–Trinajstić information content (AvgIpc) is 2.62. The first kappa shape index (κ1) is 16.0. The van der Waals surface area contributed by atoms with Gasteiger partial charge in [0.2, 0.25) is 0 Å². The molecule has 0 amide bonds. The molecule has 18 heavy (non-hydrogen) atoms. The molecule has 108 valence electrons. The van der Waals surface area contributed by atoms with Gasteiger partial charge in [-0.25, -0.2) is 0 Å². The maximum atomic E-state index is 3.40. The van der Waals surface area contributed by atoms with Gasteiger partial charge in [-0.1, -0.05) is 39.5 Å². The summed E-state index contributed by atoms with van der Waals surface area (Å²) in [6.07, 6.45) is 12.7. The number of unbranched alkanes of at least 4 members (excludes halogenated alkanes) is 3. The Morgan fingerprint density at radius 1 is 1.00 bits per heavy atom. The summed E-state index contributed by atoms with van der Waals surface area (Å²) in [6.45, 7) is 9.57. The Labute approximate surface area is 115 Å². The predicted molar refractivity (Wildman–Crippen MR) is 81.1 cm³/mol. The smallest absolute Gasteiger partial charge is 0.00926 e. The maximum absolute atomic E-state index is 3.40. The molecular weight excluding hydrogens is 220 g/mol. The molecule has 1 N–H and O–H groups in total. The Hall–Kier alpha value is -0.0800. The van der Waals surface area contributed by atoms with Gasteiger partial charge in [-0.2, -0.15) is 0 Å². The quantitative estimate of drug-likeness (QED) is 0.629. The van der Waals surface area contributed by atoms with Gasteiger partial charge in [0.25, 0.3) is 0 Å². The average molecular weight is 254 g/mol. The molecule has 0 spiro atoms. The summed E-state index contributed by atoms with van der Waals surface area (Å²) in [4.78, 5) is 2.78. The van der Waals surface area contributed by atoms with Gasteiger partial charge in [0.05, 0.1) is 0 Å². The lowest BCUT2D eigenvalue weighted by molar-refractivity contribution is 0.190. The summed E-state index contributed by atoms with van der Waals surface area (Å²) in [5.74, 6) is 0. The van der Waals surface area contributed by atoms with Gasteiger partial charge >= 0.3 is 0 Å². The highest BCUT2D eigenvalue weighted by atomic mass is 15.1. The summed E-state index contributed by atoms with van der Waals surface area (Å²) >= 11 is 0. The number of likely N-dealkylation sites (tertiary alicyclic amines) is 1. The molecule has 2 heteroatoms. The second kappa shape index (κ2) is 10.8. The van der Waals surface area contributed by atoms with Crippen LogP contribution in [0.5, 0.6) is 0 Å². The van der Waals surface area contributed by atoms with Gasteiger partial charge in [0.1, 0.15) is 0 Å². The summed E-state index contributed by atoms with van der Waals surface area (Å²) in [5.41, 5.74) is 0. The van der Waals surface area contributed by atoms with Crippen molar-refractivity contribution >= 4 is 0 Å². The highest BCUT2D eigenvalue weighted by molar-refractivity contribution is 4.74. The summed E-state index contributed by atoms with van der Waals surface area (Å²) in [5, 5.41) is 3.40. The van der Waals surface area contributed by atoms with E-state index in [4.69, 9.17) is 0 Å². The second-order valence-electron chi connectivity index (χ2n) is 5.72. The first-order valence-electron chi connectivity index (χ1n) is 8.33. The van der Waals surface area contributed by atoms with Crippen LogP contribution in [0.15, 0.2) is 0 Å². The molecule has 1 aliphatic heterocycles. The highest BCUT2D eigenvalue weighted by Gasteiger charge is 2.18. The molecule has 0 aromatic heterocycles. The normalized spacial score (nSPS) is 22.0. The van der Waals surface area contributed by atoms with Crippen LogP contribution in [0.4, 0.5) is 0 Å². The van der Waals surface area contributed by atoms with Crippen molar-refractivity contribution in [1.82, 2.24) is 10.2 Å². The molecular formula is C16H34N2. The van der Waals surface area contributed by atoms with Crippen LogP contribution < -0.4 is 5.32 Å². The second-order valence-corrected chi connectivity index (χ2v) is 5.72. The van der Waals surface area contributed by atoms with Crippen molar-refractivity contribution in [3.8, 4) is 0 Å². The van der Waals surface area contributed by atoms with E-state index in [1.807, 2.05) is 0 Å². The molecule has 1 atom stereocenters. The van der Waals surface area contributed by atoms with Crippen molar-refractivity contribution in [2.75, 3.05) is 26.2 Å². The van der Waals surface area contributed by atoms with Crippen LogP contribution in [-0.2, 0) is 0 Å². The first-order chi connectivity index (χ1) is 8.88. The Kier molecular flexibility index (Phi) is 9.59. The fourth-order valence-electron chi connectivity index (χ4n) is 3.09. The van der Waals surface area contributed by atoms with Gasteiger partial charge < -0.3 is 10.2 Å². The molecule has 0 aliphatic carbocycles. The van der Waals surface area contributed by atoms with Crippen molar-refractivity contribution in [1.29, 1.82) is 0 Å². The van der Waals surface area contributed by atoms with Crippen LogP contribution in [0.25, 0.3) is 0 Å². The molecule has 0 bridgehead atoms. The largest absolute Gasteiger partial charge is 0.317 e. The molecule has 1 aliphatic rings. The van der Waals surface area contributed by atoms with Gasteiger partial charge in [0.15, 0.2) is 0 Å². The fraction of sp³-hybridized carbons (Fsp3) is 1.00. The summed E-state index contributed by atoms with van der Waals surface area (Å²) in [6, 6.07) is 0.884. The Bertz CT molecular complexity index is 182. The van der Waals surface area contributed by atoms with E-state index in [1.54, 1.807) is 0 Å². The minimum atomic E-state index is 0.884. The molecule has 1 fully saturated rings. The van der Waals surface area contributed by atoms with Crippen molar-refractivity contribution in [2.24, 2.45) is 0 Å². The van der Waals surface area contributed by atoms with E-state index in [-0.39, 0.29) is 0 Å². The molecule has 0 aromatic carbocycles. The lowest BCUT2D eigenvalue weighted by Gasteiger charge is -2.29. The third kappa shape index (κ3) is 6.75. The van der Waals surface area contributed by atoms with Crippen molar-refractivity contribution in [2.45, 2.75) is 77.7 Å². The van der Waals surface area contributed by atoms with Crippen LogP contribution in [0.3, 0.4) is 0 Å². The molecule has 1 saturated heterocycles. The van der Waals surface area contributed by atoms with Crippen molar-refractivity contribution in [3.63, 3.8) is 0 Å². The standard InChI is InChI=1S/C16H34N2/c1-3-16-12-8-7-11-15-18(16)14-10-6-5-9-13-17-4-2/h16-17H,3-15H2,1-2H3. The number of rotatable bonds is 9. The van der Waals surface area contributed by atoms with Crippen molar-refractivity contribution in [3.05, 3.63) is 0 Å². The van der Waals surface area contributed by atoms with E-state index < -0.39 is 0 Å². The van der Waals surface area contributed by atoms with Crippen LogP contribution in [-0.4, -0.2) is 37.1 Å². The Morgan fingerprint density at radius 2 is 1.83 bits per heavy atom. The SMILES string of the molecule is CCNCCCCCCN1CCCCCC1CC.